The second kappa shape index (κ2) is 5.81. The smallest absolute Gasteiger partial charge is 0.0454 e. The molecule has 0 saturated heterocycles. The molecule has 2 nitrogen and oxygen atoms in total. The molecule has 0 spiro atoms. The highest BCUT2D eigenvalue weighted by molar-refractivity contribution is 7.10. The van der Waals surface area contributed by atoms with Gasteiger partial charge in [0.1, 0.15) is 0 Å². The fourth-order valence-electron chi connectivity index (χ4n) is 2.57. The molecule has 0 radical (unpaired) electrons. The molecule has 0 aliphatic rings. The molecule has 104 valence electrons. The van der Waals surface area contributed by atoms with Gasteiger partial charge >= 0.3 is 0 Å². The molecule has 3 heteroatoms. The summed E-state index contributed by atoms with van der Waals surface area (Å²) >= 11 is 1.83. The molecule has 1 unspecified atom stereocenters. The van der Waals surface area contributed by atoms with Crippen LogP contribution in [0.2, 0.25) is 0 Å². The Balaban J connectivity index is 1.73. The molecule has 3 aromatic rings. The first-order valence-electron chi connectivity index (χ1n) is 7.07. The predicted octanol–water partition coefficient (Wildman–Crippen LogP) is 4.72. The molecule has 0 aliphatic heterocycles. The Hall–Kier alpha value is -1.58. The van der Waals surface area contributed by atoms with Crippen molar-refractivity contribution in [3.8, 4) is 0 Å². The lowest BCUT2D eigenvalue weighted by Gasteiger charge is -2.21. The summed E-state index contributed by atoms with van der Waals surface area (Å²) in [5.74, 6) is 0.588. The summed E-state index contributed by atoms with van der Waals surface area (Å²) in [6.45, 7) is 5.45. The number of hydrogen-bond donors (Lipinski definition) is 2. The van der Waals surface area contributed by atoms with E-state index < -0.39 is 0 Å². The van der Waals surface area contributed by atoms with E-state index in [1.165, 1.54) is 21.3 Å². The highest BCUT2D eigenvalue weighted by Crippen LogP contribution is 2.26. The third kappa shape index (κ3) is 2.79. The molecular weight excluding hydrogens is 264 g/mol. The number of hydrogen-bond acceptors (Lipinski definition) is 2. The highest BCUT2D eigenvalue weighted by atomic mass is 32.1. The van der Waals surface area contributed by atoms with Crippen LogP contribution in [0.4, 0.5) is 0 Å². The largest absolute Gasteiger partial charge is 0.361 e. The van der Waals surface area contributed by atoms with Gasteiger partial charge in [0.15, 0.2) is 0 Å². The van der Waals surface area contributed by atoms with E-state index in [0.717, 1.165) is 6.54 Å². The number of fused-ring (bicyclic) bond motifs is 1. The lowest BCUT2D eigenvalue weighted by atomic mass is 10.0. The van der Waals surface area contributed by atoms with E-state index in [4.69, 9.17) is 0 Å². The Morgan fingerprint density at radius 2 is 2.10 bits per heavy atom. The van der Waals surface area contributed by atoms with Crippen LogP contribution >= 0.6 is 11.3 Å². The van der Waals surface area contributed by atoms with Crippen molar-refractivity contribution in [1.82, 2.24) is 10.3 Å². The molecule has 0 fully saturated rings. The summed E-state index contributed by atoms with van der Waals surface area (Å²) < 4.78 is 0. The van der Waals surface area contributed by atoms with Crippen molar-refractivity contribution in [3.63, 3.8) is 0 Å². The van der Waals surface area contributed by atoms with E-state index in [1.807, 2.05) is 17.5 Å². The van der Waals surface area contributed by atoms with Gasteiger partial charge in [-0.2, -0.15) is 0 Å². The zero-order valence-corrected chi connectivity index (χ0v) is 12.7. The van der Waals surface area contributed by atoms with E-state index in [2.05, 4.69) is 65.9 Å². The molecule has 2 N–H and O–H groups in total. The quantitative estimate of drug-likeness (QED) is 0.697. The van der Waals surface area contributed by atoms with Crippen LogP contribution in [-0.2, 0) is 6.54 Å². The summed E-state index contributed by atoms with van der Waals surface area (Å²) in [5, 5.41) is 7.13. The first-order chi connectivity index (χ1) is 9.74. The number of aromatic amines is 1. The van der Waals surface area contributed by atoms with E-state index in [9.17, 15) is 0 Å². The summed E-state index contributed by atoms with van der Waals surface area (Å²) in [4.78, 5) is 4.65. The van der Waals surface area contributed by atoms with Crippen molar-refractivity contribution in [2.24, 2.45) is 5.92 Å². The summed E-state index contributed by atoms with van der Waals surface area (Å²) in [6.07, 6.45) is 1.99. The number of H-pyrrole nitrogens is 1. The van der Waals surface area contributed by atoms with Gasteiger partial charge in [-0.3, -0.25) is 0 Å². The molecule has 3 rings (SSSR count). The fourth-order valence-corrected chi connectivity index (χ4v) is 3.55. The summed E-state index contributed by atoms with van der Waals surface area (Å²) in [6, 6.07) is 13.5. The van der Waals surface area contributed by atoms with Crippen molar-refractivity contribution in [3.05, 3.63) is 58.4 Å². The second-order valence-corrected chi connectivity index (χ2v) is 6.50. The number of benzene rings is 1. The molecule has 20 heavy (non-hydrogen) atoms. The van der Waals surface area contributed by atoms with Crippen molar-refractivity contribution in [1.29, 1.82) is 0 Å². The van der Waals surface area contributed by atoms with Gasteiger partial charge < -0.3 is 10.3 Å². The van der Waals surface area contributed by atoms with Crippen LogP contribution in [0.3, 0.4) is 0 Å². The minimum atomic E-state index is 0.428. The average molecular weight is 284 g/mol. The predicted molar refractivity (Wildman–Crippen MR) is 87.0 cm³/mol. The van der Waals surface area contributed by atoms with Gasteiger partial charge in [0.2, 0.25) is 0 Å². The molecule has 0 aliphatic carbocycles. The van der Waals surface area contributed by atoms with Crippen LogP contribution in [0.1, 0.15) is 30.3 Å². The maximum atomic E-state index is 3.69. The minimum Gasteiger partial charge on any atom is -0.361 e. The lowest BCUT2D eigenvalue weighted by molar-refractivity contribution is 0.416. The number of nitrogens with one attached hydrogen (secondary N) is 2. The van der Waals surface area contributed by atoms with Crippen molar-refractivity contribution in [2.75, 3.05) is 0 Å². The first-order valence-corrected chi connectivity index (χ1v) is 7.95. The van der Waals surface area contributed by atoms with Crippen molar-refractivity contribution in [2.45, 2.75) is 26.4 Å². The fraction of sp³-hybridized carbons (Fsp3) is 0.294. The molecule has 0 bridgehead atoms. The van der Waals surface area contributed by atoms with Crippen molar-refractivity contribution < 1.29 is 0 Å². The maximum Gasteiger partial charge on any atom is 0.0454 e. The van der Waals surface area contributed by atoms with Gasteiger partial charge in [0, 0.05) is 29.2 Å². The van der Waals surface area contributed by atoms with Crippen LogP contribution in [0.25, 0.3) is 10.9 Å². The first kappa shape index (κ1) is 13.4. The van der Waals surface area contributed by atoms with E-state index >= 15 is 0 Å². The van der Waals surface area contributed by atoms with Crippen LogP contribution in [0, 0.1) is 5.92 Å². The maximum absolute atomic E-state index is 3.69. The van der Waals surface area contributed by atoms with Crippen molar-refractivity contribution >= 4 is 22.2 Å². The molecule has 1 atom stereocenters. The average Bonchev–Trinajstić information content (AvgIpc) is 3.08. The monoisotopic (exact) mass is 284 g/mol. The SMILES string of the molecule is CC(C)C(NCc1ccc2[nH]ccc2c1)c1cccs1. The van der Waals surface area contributed by atoms with Gasteiger partial charge in [-0.15, -0.1) is 11.3 Å². The van der Waals surface area contributed by atoms with E-state index in [1.54, 1.807) is 0 Å². The van der Waals surface area contributed by atoms with Gasteiger partial charge in [0.05, 0.1) is 0 Å². The summed E-state index contributed by atoms with van der Waals surface area (Å²) in [5.41, 5.74) is 2.53. The van der Waals surface area contributed by atoms with Crippen LogP contribution in [0.5, 0.6) is 0 Å². The van der Waals surface area contributed by atoms with E-state index in [0.29, 0.717) is 12.0 Å². The highest BCUT2D eigenvalue weighted by Gasteiger charge is 2.15. The van der Waals surface area contributed by atoms with E-state index in [-0.39, 0.29) is 0 Å². The van der Waals surface area contributed by atoms with Gasteiger partial charge in [-0.05, 0) is 46.5 Å². The van der Waals surface area contributed by atoms with Gasteiger partial charge in [-0.25, -0.2) is 0 Å². The molecule has 1 aromatic carbocycles. The third-order valence-electron chi connectivity index (χ3n) is 3.66. The number of rotatable bonds is 5. The topological polar surface area (TPSA) is 27.8 Å². The summed E-state index contributed by atoms with van der Waals surface area (Å²) in [7, 11) is 0. The Morgan fingerprint density at radius 3 is 2.85 bits per heavy atom. The van der Waals surface area contributed by atoms with Crippen LogP contribution in [0.15, 0.2) is 48.0 Å². The third-order valence-corrected chi connectivity index (χ3v) is 4.62. The second-order valence-electron chi connectivity index (χ2n) is 5.52. The van der Waals surface area contributed by atoms with Gasteiger partial charge in [0.25, 0.3) is 0 Å². The molecule has 0 saturated carbocycles. The minimum absolute atomic E-state index is 0.428. The Labute approximate surface area is 123 Å². The zero-order valence-electron chi connectivity index (χ0n) is 11.9. The Bertz CT molecular complexity index is 667. The molecule has 2 heterocycles. The Kier molecular flexibility index (Phi) is 3.90. The molecular formula is C17H20N2S. The molecule has 2 aromatic heterocycles. The number of aromatic nitrogens is 1. The number of thiophene rings is 1. The van der Waals surface area contributed by atoms with Crippen LogP contribution < -0.4 is 5.32 Å². The lowest BCUT2D eigenvalue weighted by Crippen LogP contribution is -2.24. The zero-order chi connectivity index (χ0) is 13.9. The van der Waals surface area contributed by atoms with Crippen LogP contribution in [-0.4, -0.2) is 4.98 Å². The molecule has 0 amide bonds. The normalized spacial score (nSPS) is 13.2. The standard InChI is InChI=1S/C17H20N2S/c1-12(2)17(16-4-3-9-20-16)19-11-13-5-6-15-14(10-13)7-8-18-15/h3-10,12,17-19H,11H2,1-2H3. The Morgan fingerprint density at radius 1 is 1.20 bits per heavy atom. The van der Waals surface area contributed by atoms with Gasteiger partial charge in [-0.1, -0.05) is 26.0 Å².